The number of rotatable bonds is 8. The normalized spacial score (nSPS) is 20.0. The smallest absolute Gasteiger partial charge is 0.308 e. The molecule has 0 radical (unpaired) electrons. The summed E-state index contributed by atoms with van der Waals surface area (Å²) in [5, 5.41) is 31.6. The van der Waals surface area contributed by atoms with Crippen molar-refractivity contribution in [1.82, 2.24) is 15.2 Å². The number of carboxylic acid groups (broad SMARTS) is 1. The molecule has 0 spiro atoms. The SMILES string of the molecule is N#Cc1cc(F)c(NC2C3CCC(CC3)C2C(=O)O)cc1-c1n[nH]c2ncc(F)c(C(c3ccccc3)(c3ccccc3)c3ccccc3)c12. The van der Waals surface area contributed by atoms with Crippen LogP contribution in [0.2, 0.25) is 0 Å². The number of anilines is 1. The molecule has 2 atom stereocenters. The maximum Gasteiger partial charge on any atom is 0.308 e. The van der Waals surface area contributed by atoms with E-state index in [1.807, 2.05) is 91.0 Å². The van der Waals surface area contributed by atoms with Crippen LogP contribution in [0.5, 0.6) is 0 Å². The number of benzene rings is 4. The van der Waals surface area contributed by atoms with Gasteiger partial charge in [-0.3, -0.25) is 9.89 Å². The van der Waals surface area contributed by atoms with Crippen LogP contribution in [0.25, 0.3) is 22.3 Å². The summed E-state index contributed by atoms with van der Waals surface area (Å²) in [6, 6.07) is 33.3. The number of aliphatic carboxylic acids is 1. The van der Waals surface area contributed by atoms with Crippen LogP contribution in [0.3, 0.4) is 0 Å². The lowest BCUT2D eigenvalue weighted by molar-refractivity contribution is -0.148. The lowest BCUT2D eigenvalue weighted by Crippen LogP contribution is -2.51. The molecule has 3 N–H and O–H groups in total. The molecule has 3 aliphatic rings. The lowest BCUT2D eigenvalue weighted by Gasteiger charge is -2.47. The molecule has 7 nitrogen and oxygen atoms in total. The summed E-state index contributed by atoms with van der Waals surface area (Å²) in [5.74, 6) is -2.70. The van der Waals surface area contributed by atoms with Crippen LogP contribution in [-0.4, -0.2) is 32.3 Å². The number of hydrogen-bond acceptors (Lipinski definition) is 5. The van der Waals surface area contributed by atoms with Gasteiger partial charge in [0.05, 0.1) is 40.2 Å². The van der Waals surface area contributed by atoms with Gasteiger partial charge in [-0.1, -0.05) is 91.0 Å². The van der Waals surface area contributed by atoms with Gasteiger partial charge in [0.1, 0.15) is 17.3 Å². The molecule has 0 amide bonds. The molecular weight excluding hydrogens is 632 g/mol. The Morgan fingerprint density at radius 1 is 0.840 bits per heavy atom. The third-order valence-electron chi connectivity index (χ3n) is 10.8. The van der Waals surface area contributed by atoms with Gasteiger partial charge in [-0.25, -0.2) is 13.8 Å². The van der Waals surface area contributed by atoms with Crippen LogP contribution in [0.1, 0.15) is 53.5 Å². The Hall–Kier alpha value is -5.88. The largest absolute Gasteiger partial charge is 0.481 e. The molecule has 2 bridgehead atoms. The van der Waals surface area contributed by atoms with Crippen molar-refractivity contribution in [3.8, 4) is 17.3 Å². The second kappa shape index (κ2) is 12.5. The maximum atomic E-state index is 17.0. The predicted molar refractivity (Wildman–Crippen MR) is 186 cm³/mol. The van der Waals surface area contributed by atoms with Gasteiger partial charge >= 0.3 is 5.97 Å². The molecule has 4 aromatic carbocycles. The monoisotopic (exact) mass is 665 g/mol. The Kier molecular flexibility index (Phi) is 7.87. The van der Waals surface area contributed by atoms with E-state index in [9.17, 15) is 15.2 Å². The van der Waals surface area contributed by atoms with E-state index in [1.54, 1.807) is 0 Å². The lowest BCUT2D eigenvalue weighted by atomic mass is 9.61. The number of fused-ring (bicyclic) bond motifs is 4. The number of H-pyrrole nitrogens is 1. The average Bonchev–Trinajstić information content (AvgIpc) is 3.59. The van der Waals surface area contributed by atoms with Crippen molar-refractivity contribution in [3.63, 3.8) is 0 Å². The second-order valence-electron chi connectivity index (χ2n) is 13.3. The average molecular weight is 666 g/mol. The Bertz CT molecular complexity index is 2150. The number of nitrogens with zero attached hydrogens (tertiary/aromatic N) is 3. The van der Waals surface area contributed by atoms with Crippen molar-refractivity contribution in [1.29, 1.82) is 5.26 Å². The highest BCUT2D eigenvalue weighted by Gasteiger charge is 2.48. The van der Waals surface area contributed by atoms with E-state index in [1.165, 1.54) is 12.3 Å². The number of hydrogen-bond donors (Lipinski definition) is 3. The molecule has 3 aliphatic carbocycles. The zero-order chi connectivity index (χ0) is 34.4. The third-order valence-corrected chi connectivity index (χ3v) is 10.8. The Balaban J connectivity index is 1.40. The predicted octanol–water partition coefficient (Wildman–Crippen LogP) is 8.46. The van der Waals surface area contributed by atoms with Gasteiger partial charge in [0.25, 0.3) is 0 Å². The van der Waals surface area contributed by atoms with E-state index in [-0.39, 0.29) is 39.9 Å². The maximum absolute atomic E-state index is 17.0. The number of carbonyl (C=O) groups is 1. The van der Waals surface area contributed by atoms with Crippen molar-refractivity contribution in [2.45, 2.75) is 37.1 Å². The summed E-state index contributed by atoms with van der Waals surface area (Å²) in [6.45, 7) is 0. The fraction of sp³-hybridized carbons (Fsp3) is 0.220. The van der Waals surface area contributed by atoms with E-state index in [0.29, 0.717) is 11.0 Å². The van der Waals surface area contributed by atoms with Crippen LogP contribution in [0.15, 0.2) is 109 Å². The first-order valence-corrected chi connectivity index (χ1v) is 16.8. The Morgan fingerprint density at radius 3 is 1.94 bits per heavy atom. The minimum absolute atomic E-state index is 0.00124. The van der Waals surface area contributed by atoms with Crippen LogP contribution in [-0.2, 0) is 10.2 Å². The van der Waals surface area contributed by atoms with Crippen molar-refractivity contribution in [2.75, 3.05) is 5.32 Å². The van der Waals surface area contributed by atoms with Gasteiger partial charge in [0.15, 0.2) is 5.65 Å². The molecule has 50 heavy (non-hydrogen) atoms. The van der Waals surface area contributed by atoms with Gasteiger partial charge in [-0.15, -0.1) is 0 Å². The van der Waals surface area contributed by atoms with E-state index in [0.717, 1.165) is 48.4 Å². The van der Waals surface area contributed by atoms with Gasteiger partial charge in [-0.2, -0.15) is 10.4 Å². The molecule has 2 heterocycles. The number of halogens is 2. The molecule has 9 rings (SSSR count). The fourth-order valence-corrected chi connectivity index (χ4v) is 8.69. The number of nitrogens with one attached hydrogen (secondary N) is 2. The highest BCUT2D eigenvalue weighted by molar-refractivity contribution is 5.97. The standard InChI is InChI=1S/C41H33F2N5O2/c42-31-20-26(22-44)30(21-33(31)46-37-25-18-16-24(17-19-25)34(37)40(49)50)38-35-36(32(43)23-45-39(35)48-47-38)41(27-10-4-1-5-11-27,28-12-6-2-7-13-28)29-14-8-3-9-15-29/h1-15,20-21,23-25,34,37,46H,16-19H2,(H,49,50)(H,45,47,48). The van der Waals surface area contributed by atoms with Gasteiger partial charge < -0.3 is 10.4 Å². The highest BCUT2D eigenvalue weighted by Crippen LogP contribution is 2.50. The van der Waals surface area contributed by atoms with Crippen molar-refractivity contribution < 1.29 is 18.7 Å². The molecule has 3 fully saturated rings. The zero-order valence-electron chi connectivity index (χ0n) is 27.0. The number of pyridine rings is 1. The molecule has 0 aliphatic heterocycles. The fourth-order valence-electron chi connectivity index (χ4n) is 8.69. The quantitative estimate of drug-likeness (QED) is 0.141. The number of aromatic amines is 1. The van der Waals surface area contributed by atoms with E-state index < -0.39 is 35.0 Å². The van der Waals surface area contributed by atoms with Crippen LogP contribution in [0, 0.1) is 40.7 Å². The number of aromatic nitrogens is 3. The van der Waals surface area contributed by atoms with Crippen molar-refractivity contribution in [2.24, 2.45) is 17.8 Å². The van der Waals surface area contributed by atoms with Gasteiger partial charge in [0, 0.05) is 17.2 Å². The topological polar surface area (TPSA) is 115 Å². The number of nitriles is 1. The first-order valence-electron chi connectivity index (χ1n) is 16.8. The first-order chi connectivity index (χ1) is 24.4. The molecule has 6 aromatic rings. The molecule has 248 valence electrons. The van der Waals surface area contributed by atoms with Crippen LogP contribution < -0.4 is 5.32 Å². The molecule has 9 heteroatoms. The Labute approximate surface area is 287 Å². The van der Waals surface area contributed by atoms with E-state index in [2.05, 4.69) is 26.6 Å². The summed E-state index contributed by atoms with van der Waals surface area (Å²) in [6.07, 6.45) is 4.60. The molecular formula is C41H33F2N5O2. The second-order valence-corrected chi connectivity index (χ2v) is 13.3. The number of carboxylic acids is 1. The van der Waals surface area contributed by atoms with Crippen molar-refractivity contribution in [3.05, 3.63) is 149 Å². The van der Waals surface area contributed by atoms with Crippen molar-refractivity contribution >= 4 is 22.7 Å². The minimum Gasteiger partial charge on any atom is -0.481 e. The van der Waals surface area contributed by atoms with Gasteiger partial charge in [-0.05, 0) is 66.3 Å². The summed E-state index contributed by atoms with van der Waals surface area (Å²) in [5.41, 5.74) is 2.32. The van der Waals surface area contributed by atoms with E-state index >= 15 is 8.78 Å². The molecule has 0 saturated heterocycles. The third kappa shape index (κ3) is 4.94. The molecule has 2 unspecified atom stereocenters. The highest BCUT2D eigenvalue weighted by atomic mass is 19.1. The minimum atomic E-state index is -1.21. The summed E-state index contributed by atoms with van der Waals surface area (Å²) < 4.78 is 32.8. The van der Waals surface area contributed by atoms with Crippen LogP contribution >= 0.6 is 0 Å². The Morgan fingerprint density at radius 2 is 1.40 bits per heavy atom. The summed E-state index contributed by atoms with van der Waals surface area (Å²) in [4.78, 5) is 16.8. The van der Waals surface area contributed by atoms with E-state index in [4.69, 9.17) is 0 Å². The van der Waals surface area contributed by atoms with Gasteiger partial charge in [0.2, 0.25) is 0 Å². The molecule has 3 saturated carbocycles. The van der Waals surface area contributed by atoms with Crippen LogP contribution in [0.4, 0.5) is 14.5 Å². The summed E-state index contributed by atoms with van der Waals surface area (Å²) in [7, 11) is 0. The molecule has 2 aromatic heterocycles. The first kappa shape index (κ1) is 31.4. The summed E-state index contributed by atoms with van der Waals surface area (Å²) >= 11 is 0. The zero-order valence-corrected chi connectivity index (χ0v) is 27.0.